The smallest absolute Gasteiger partial charge is 0.264 e. The Morgan fingerprint density at radius 1 is 1.37 bits per heavy atom. The van der Waals surface area contributed by atoms with E-state index < -0.39 is 5.91 Å². The molecule has 0 aliphatic carbocycles. The van der Waals surface area contributed by atoms with E-state index in [9.17, 15) is 9.59 Å². The molecule has 1 aromatic heterocycles. The number of nitrogens with one attached hydrogen (secondary N) is 1. The number of nitrogens with two attached hydrogens (primary N) is 1. The molecule has 7 heteroatoms. The van der Waals surface area contributed by atoms with Crippen LogP contribution in [0.4, 0.5) is 0 Å². The van der Waals surface area contributed by atoms with Crippen molar-refractivity contribution in [1.29, 1.82) is 0 Å². The quantitative estimate of drug-likeness (QED) is 0.859. The van der Waals surface area contributed by atoms with Crippen LogP contribution in [0.3, 0.4) is 0 Å². The van der Waals surface area contributed by atoms with Crippen molar-refractivity contribution < 1.29 is 9.59 Å². The van der Waals surface area contributed by atoms with Gasteiger partial charge in [-0.2, -0.15) is 0 Å². The first kappa shape index (κ1) is 15.9. The van der Waals surface area contributed by atoms with Crippen LogP contribution in [0.5, 0.6) is 0 Å². The van der Waals surface area contributed by atoms with E-state index in [1.165, 1.54) is 11.3 Å². The maximum atomic E-state index is 12.3. The van der Waals surface area contributed by atoms with Gasteiger partial charge >= 0.3 is 0 Å². The van der Waals surface area contributed by atoms with Crippen molar-refractivity contribution in [3.63, 3.8) is 0 Å². The number of thiophene rings is 1. The summed E-state index contributed by atoms with van der Waals surface area (Å²) in [5.41, 5.74) is 5.59. The van der Waals surface area contributed by atoms with Crippen molar-refractivity contribution in [3.8, 4) is 0 Å². The summed E-state index contributed by atoms with van der Waals surface area (Å²) >= 11 is 1.27. The van der Waals surface area contributed by atoms with Crippen LogP contribution in [-0.2, 0) is 0 Å². The summed E-state index contributed by atoms with van der Waals surface area (Å²) in [7, 11) is 0. The van der Waals surface area contributed by atoms with Crippen LogP contribution in [0.15, 0.2) is 11.4 Å². The molecule has 1 saturated heterocycles. The Morgan fingerprint density at radius 2 is 1.95 bits per heavy atom. The second kappa shape index (κ2) is 6.36. The highest BCUT2D eigenvalue weighted by Gasteiger charge is 2.26. The molecule has 1 fully saturated rings. The molecule has 106 valence electrons. The van der Waals surface area contributed by atoms with E-state index in [1.54, 1.807) is 11.4 Å². The van der Waals surface area contributed by atoms with E-state index in [-0.39, 0.29) is 30.4 Å². The molecule has 0 aromatic carbocycles. The van der Waals surface area contributed by atoms with Gasteiger partial charge in [0, 0.05) is 30.6 Å². The third-order valence-electron chi connectivity index (χ3n) is 2.94. The zero-order chi connectivity index (χ0) is 13.3. The van der Waals surface area contributed by atoms with Gasteiger partial charge in [-0.15, -0.1) is 23.7 Å². The van der Waals surface area contributed by atoms with Crippen LogP contribution in [0.2, 0.25) is 0 Å². The highest BCUT2D eigenvalue weighted by atomic mass is 35.5. The van der Waals surface area contributed by atoms with Crippen molar-refractivity contribution in [2.24, 2.45) is 5.73 Å². The second-order valence-electron chi connectivity index (χ2n) is 4.74. The summed E-state index contributed by atoms with van der Waals surface area (Å²) in [6.45, 7) is 5.48. The Kier molecular flexibility index (Phi) is 5.34. The molecular weight excluding hydrogens is 286 g/mol. The lowest BCUT2D eigenvalue weighted by Crippen LogP contribution is -2.55. The average Bonchev–Trinajstić information content (AvgIpc) is 2.75. The van der Waals surface area contributed by atoms with Crippen LogP contribution in [-0.4, -0.2) is 41.9 Å². The second-order valence-corrected chi connectivity index (χ2v) is 5.65. The first-order valence-corrected chi connectivity index (χ1v) is 6.79. The topological polar surface area (TPSA) is 75.4 Å². The Balaban J connectivity index is 0.00000180. The van der Waals surface area contributed by atoms with Gasteiger partial charge < -0.3 is 16.0 Å². The molecule has 0 bridgehead atoms. The van der Waals surface area contributed by atoms with Crippen molar-refractivity contribution in [1.82, 2.24) is 10.2 Å². The first-order chi connectivity index (χ1) is 8.47. The number of amides is 2. The minimum absolute atomic E-state index is 0. The van der Waals surface area contributed by atoms with E-state index in [2.05, 4.69) is 19.2 Å². The van der Waals surface area contributed by atoms with Crippen LogP contribution in [0.25, 0.3) is 0 Å². The molecule has 2 amide bonds. The van der Waals surface area contributed by atoms with Gasteiger partial charge in [0.1, 0.15) is 0 Å². The zero-order valence-corrected chi connectivity index (χ0v) is 12.5. The molecule has 1 aliphatic heterocycles. The fourth-order valence-electron chi connectivity index (χ4n) is 2.23. The van der Waals surface area contributed by atoms with Crippen LogP contribution in [0.1, 0.15) is 33.9 Å². The molecule has 1 aromatic rings. The molecule has 0 radical (unpaired) electrons. The van der Waals surface area contributed by atoms with E-state index in [4.69, 9.17) is 5.73 Å². The monoisotopic (exact) mass is 303 g/mol. The van der Waals surface area contributed by atoms with Crippen LogP contribution < -0.4 is 11.1 Å². The van der Waals surface area contributed by atoms with Crippen molar-refractivity contribution >= 4 is 35.6 Å². The molecule has 0 spiro atoms. The van der Waals surface area contributed by atoms with Gasteiger partial charge in [-0.05, 0) is 19.9 Å². The van der Waals surface area contributed by atoms with E-state index in [0.29, 0.717) is 23.5 Å². The number of carbonyl (C=O) groups excluding carboxylic acids is 2. The third kappa shape index (κ3) is 3.68. The number of halogens is 1. The fourth-order valence-corrected chi connectivity index (χ4v) is 3.09. The number of piperazine rings is 1. The van der Waals surface area contributed by atoms with Gasteiger partial charge in [-0.1, -0.05) is 0 Å². The highest BCUT2D eigenvalue weighted by Crippen LogP contribution is 2.18. The van der Waals surface area contributed by atoms with Gasteiger partial charge in [0.2, 0.25) is 5.91 Å². The number of primary amides is 1. The molecule has 2 atom stereocenters. The number of hydrogen-bond acceptors (Lipinski definition) is 4. The highest BCUT2D eigenvalue weighted by molar-refractivity contribution is 7.12. The summed E-state index contributed by atoms with van der Waals surface area (Å²) < 4.78 is 0. The molecule has 5 nitrogen and oxygen atoms in total. The number of hydrogen-bond donors (Lipinski definition) is 2. The molecular formula is C12H18ClN3O2S. The maximum absolute atomic E-state index is 12.3. The SMILES string of the molecule is CC1CN(C(=O)c2cc(C(N)=O)cs2)CC(C)N1.Cl. The van der Waals surface area contributed by atoms with Gasteiger partial charge in [0.05, 0.1) is 10.4 Å². The Hall–Kier alpha value is -1.11. The zero-order valence-electron chi connectivity index (χ0n) is 10.9. The molecule has 2 unspecified atom stereocenters. The average molecular weight is 304 g/mol. The molecule has 3 N–H and O–H groups in total. The normalized spacial score (nSPS) is 22.7. The van der Waals surface area contributed by atoms with Gasteiger partial charge in [0.25, 0.3) is 5.91 Å². The predicted molar refractivity (Wildman–Crippen MR) is 78.0 cm³/mol. The number of nitrogens with zero attached hydrogens (tertiary/aromatic N) is 1. The summed E-state index contributed by atoms with van der Waals surface area (Å²) in [5, 5.41) is 5.00. The number of carbonyl (C=O) groups is 2. The molecule has 1 aliphatic rings. The summed E-state index contributed by atoms with van der Waals surface area (Å²) in [6, 6.07) is 2.15. The Morgan fingerprint density at radius 3 is 2.42 bits per heavy atom. The molecule has 2 rings (SSSR count). The number of rotatable bonds is 2. The van der Waals surface area contributed by atoms with Crippen molar-refractivity contribution in [2.45, 2.75) is 25.9 Å². The van der Waals surface area contributed by atoms with Crippen LogP contribution in [0, 0.1) is 0 Å². The van der Waals surface area contributed by atoms with Crippen molar-refractivity contribution in [2.75, 3.05) is 13.1 Å². The van der Waals surface area contributed by atoms with Crippen LogP contribution >= 0.6 is 23.7 Å². The van der Waals surface area contributed by atoms with Gasteiger partial charge in [0.15, 0.2) is 0 Å². The minimum atomic E-state index is -0.493. The summed E-state index contributed by atoms with van der Waals surface area (Å²) in [5.74, 6) is -0.514. The molecule has 19 heavy (non-hydrogen) atoms. The summed E-state index contributed by atoms with van der Waals surface area (Å²) in [4.78, 5) is 25.7. The van der Waals surface area contributed by atoms with Gasteiger partial charge in [-0.3, -0.25) is 9.59 Å². The lowest BCUT2D eigenvalue weighted by Gasteiger charge is -2.35. The Labute approximate surface area is 122 Å². The lowest BCUT2D eigenvalue weighted by atomic mass is 10.1. The lowest BCUT2D eigenvalue weighted by molar-refractivity contribution is 0.0678. The molecule has 0 saturated carbocycles. The standard InChI is InChI=1S/C12H17N3O2S.ClH/c1-7-4-15(5-8(2)14-7)12(17)10-3-9(6-18-10)11(13)16;/h3,6-8,14H,4-5H2,1-2H3,(H2,13,16);1H. The van der Waals surface area contributed by atoms with E-state index in [0.717, 1.165) is 0 Å². The van der Waals surface area contributed by atoms with Crippen molar-refractivity contribution in [3.05, 3.63) is 21.9 Å². The minimum Gasteiger partial charge on any atom is -0.366 e. The first-order valence-electron chi connectivity index (χ1n) is 5.91. The molecule has 2 heterocycles. The van der Waals surface area contributed by atoms with E-state index in [1.807, 2.05) is 4.90 Å². The summed E-state index contributed by atoms with van der Waals surface area (Å²) in [6.07, 6.45) is 0. The van der Waals surface area contributed by atoms with E-state index >= 15 is 0 Å². The Bertz CT molecular complexity index is 467. The maximum Gasteiger partial charge on any atom is 0.264 e. The fraction of sp³-hybridized carbons (Fsp3) is 0.500. The predicted octanol–water partition coefficient (Wildman–Crippen LogP) is 1.09. The van der Waals surface area contributed by atoms with Gasteiger partial charge in [-0.25, -0.2) is 0 Å². The largest absolute Gasteiger partial charge is 0.366 e. The third-order valence-corrected chi connectivity index (χ3v) is 3.86.